The van der Waals surface area contributed by atoms with Crippen molar-refractivity contribution in [3.63, 3.8) is 0 Å². The van der Waals surface area contributed by atoms with E-state index in [4.69, 9.17) is 5.73 Å². The number of nitrogens with zero attached hydrogens (tertiary/aromatic N) is 2. The first-order chi connectivity index (χ1) is 27.0. The highest BCUT2D eigenvalue weighted by Gasteiger charge is 2.63. The molecule has 16 heteroatoms. The van der Waals surface area contributed by atoms with E-state index < -0.39 is 39.5 Å². The topological polar surface area (TPSA) is 207 Å². The van der Waals surface area contributed by atoms with Gasteiger partial charge in [0.1, 0.15) is 11.6 Å². The maximum Gasteiger partial charge on any atom is 0.278 e. The lowest BCUT2D eigenvalue weighted by atomic mass is 9.96. The van der Waals surface area contributed by atoms with Crippen molar-refractivity contribution in [2.45, 2.75) is 101 Å². The summed E-state index contributed by atoms with van der Waals surface area (Å²) in [6.07, 6.45) is 11.0. The Hall–Kier alpha value is -4.11. The highest BCUT2D eigenvalue weighted by atomic mass is 32.2. The molecule has 1 aromatic carbocycles. The van der Waals surface area contributed by atoms with Crippen LogP contribution in [0.25, 0.3) is 0 Å². The molecule has 1 unspecified atom stereocenters. The molecule has 56 heavy (non-hydrogen) atoms. The largest absolute Gasteiger partial charge is 0.354 e. The van der Waals surface area contributed by atoms with Crippen LogP contribution in [0.2, 0.25) is 0 Å². The van der Waals surface area contributed by atoms with Gasteiger partial charge in [-0.15, -0.1) is 0 Å². The van der Waals surface area contributed by atoms with Gasteiger partial charge >= 0.3 is 0 Å². The summed E-state index contributed by atoms with van der Waals surface area (Å²) in [6, 6.07) is 5.84. The third kappa shape index (κ3) is 11.7. The number of carbonyl (C=O) groups excluding carboxylic acids is 4. The van der Waals surface area contributed by atoms with Gasteiger partial charge in [0.25, 0.3) is 10.2 Å². The number of carbonyl (C=O) groups is 4. The average Bonchev–Trinajstić information content (AvgIpc) is 3.91. The number of anilines is 1. The minimum atomic E-state index is -4.14. The molecular weight excluding hydrogens is 735 g/mol. The van der Waals surface area contributed by atoms with Crippen molar-refractivity contribution in [2.75, 3.05) is 57.7 Å². The molecule has 8 aliphatic rings. The third-order valence-electron chi connectivity index (χ3n) is 11.3. The fraction of sp³-hybridized carbons (Fsp3) is 0.600. The quantitative estimate of drug-likeness (QED) is 0.135. The number of nitrogens with two attached hydrogens (primary N) is 1. The van der Waals surface area contributed by atoms with Gasteiger partial charge in [-0.2, -0.15) is 17.9 Å². The van der Waals surface area contributed by atoms with Crippen LogP contribution in [0, 0.1) is 0 Å². The summed E-state index contributed by atoms with van der Waals surface area (Å²) in [7, 11) is -4.14. The summed E-state index contributed by atoms with van der Waals surface area (Å²) >= 11 is 0. The number of unbranched alkanes of at least 4 members (excludes halogenated alkanes) is 2. The molecule has 8 N–H and O–H groups in total. The van der Waals surface area contributed by atoms with E-state index in [2.05, 4.69) is 52.0 Å². The molecule has 0 spiro atoms. The van der Waals surface area contributed by atoms with Gasteiger partial charge in [-0.3, -0.25) is 19.2 Å². The van der Waals surface area contributed by atoms with Gasteiger partial charge in [0.15, 0.2) is 0 Å². The Balaban J connectivity index is 1.27. The van der Waals surface area contributed by atoms with E-state index in [0.29, 0.717) is 62.4 Å². The van der Waals surface area contributed by atoms with Crippen molar-refractivity contribution < 1.29 is 27.6 Å². The molecule has 5 heterocycles. The molecule has 4 amide bonds. The molecule has 2 saturated carbocycles. The Morgan fingerprint density at radius 1 is 0.857 bits per heavy atom. The first-order valence-electron chi connectivity index (χ1n) is 20.2. The van der Waals surface area contributed by atoms with Crippen LogP contribution in [-0.2, 0) is 29.4 Å². The van der Waals surface area contributed by atoms with E-state index >= 15 is 0 Å². The molecule has 3 atom stereocenters. The van der Waals surface area contributed by atoms with Crippen molar-refractivity contribution in [3.05, 3.63) is 64.7 Å². The fourth-order valence-electron chi connectivity index (χ4n) is 7.88. The molecule has 304 valence electrons. The SMILES string of the molecule is NCCCCCNC(=O)[C@@H]1CC2=C=C=C(C=C2)NC(=O)CCN2CCN(CCC(=O)Nc3ccc(cc3)C3C[C@@]3(NS(=O)(=O)NC3CCCCC3)C(=O)N1)CC2. The van der Waals surface area contributed by atoms with Gasteiger partial charge in [0.05, 0.1) is 5.70 Å². The molecule has 1 saturated heterocycles. The van der Waals surface area contributed by atoms with Crippen LogP contribution in [-0.4, -0.2) is 112 Å². The van der Waals surface area contributed by atoms with Crippen molar-refractivity contribution in [3.8, 4) is 0 Å². The van der Waals surface area contributed by atoms with Crippen molar-refractivity contribution in [2.24, 2.45) is 5.73 Å². The minimum absolute atomic E-state index is 0.0549. The second kappa shape index (κ2) is 19.4. The zero-order valence-electron chi connectivity index (χ0n) is 32.2. The predicted octanol–water partition coefficient (Wildman–Crippen LogP) is 1.39. The zero-order chi connectivity index (χ0) is 39.5. The standard InChI is InChI=1S/C40H57N9O6S/c41-19-5-2-6-20-42-38(52)35-27-29-9-13-31(14-10-29)43-36(50)17-21-48-23-25-49(26-24-48)22-18-37(51)44-32-15-11-30(12-16-32)34-28-40(34,39(53)45-35)47-56(54,55)46-33-7-3-1-4-8-33/h9,11-13,15-16,33-35,46-47H,1-8,17-28,41H2,(H,42,52)(H,43,50)(H,44,51)(H,45,53)/t34?,35-,40-/m0/s1. The Bertz CT molecular complexity index is 1840. The molecule has 5 aliphatic heterocycles. The average molecular weight is 792 g/mol. The summed E-state index contributed by atoms with van der Waals surface area (Å²) in [5.74, 6) is -1.84. The van der Waals surface area contributed by atoms with Crippen molar-refractivity contribution in [1.29, 1.82) is 0 Å². The zero-order valence-corrected chi connectivity index (χ0v) is 33.0. The molecule has 6 bridgehead atoms. The third-order valence-corrected chi connectivity index (χ3v) is 12.6. The Morgan fingerprint density at radius 3 is 2.18 bits per heavy atom. The number of hydrogen-bond acceptors (Lipinski definition) is 9. The second-order valence-corrected chi connectivity index (χ2v) is 17.0. The molecule has 3 aliphatic carbocycles. The van der Waals surface area contributed by atoms with Crippen LogP contribution in [0.15, 0.2) is 59.2 Å². The predicted molar refractivity (Wildman–Crippen MR) is 213 cm³/mol. The fourth-order valence-corrected chi connectivity index (χ4v) is 9.41. The molecule has 9 rings (SSSR count). The van der Waals surface area contributed by atoms with Gasteiger partial charge in [-0.25, -0.2) is 0 Å². The Morgan fingerprint density at radius 2 is 1.54 bits per heavy atom. The van der Waals surface area contributed by atoms with Crippen LogP contribution in [0.4, 0.5) is 5.69 Å². The number of hydrogen-bond donors (Lipinski definition) is 7. The maximum absolute atomic E-state index is 14.4. The molecule has 1 aromatic rings. The minimum Gasteiger partial charge on any atom is -0.354 e. The number of rotatable bonds is 10. The van der Waals surface area contributed by atoms with E-state index in [1.54, 1.807) is 36.4 Å². The maximum atomic E-state index is 14.4. The number of allylic oxidation sites excluding steroid dienone is 2. The normalized spacial score (nSPS) is 27.8. The van der Waals surface area contributed by atoms with E-state index in [0.717, 1.165) is 76.7 Å². The summed E-state index contributed by atoms with van der Waals surface area (Å²) in [4.78, 5) is 58.4. The summed E-state index contributed by atoms with van der Waals surface area (Å²) in [5, 5.41) is 11.6. The van der Waals surface area contributed by atoms with Gasteiger partial charge in [0, 0.05) is 88.3 Å². The number of nitrogens with one attached hydrogen (secondary N) is 6. The number of fused-ring (bicyclic) bond motifs is 2. The summed E-state index contributed by atoms with van der Waals surface area (Å²) in [6.45, 7) is 5.38. The van der Waals surface area contributed by atoms with Crippen LogP contribution >= 0.6 is 0 Å². The van der Waals surface area contributed by atoms with Gasteiger partial charge < -0.3 is 36.8 Å². The first kappa shape index (κ1) is 41.5. The Labute approximate surface area is 330 Å². The van der Waals surface area contributed by atoms with E-state index in [1.165, 1.54) is 0 Å². The van der Waals surface area contributed by atoms with Crippen LogP contribution in [0.1, 0.15) is 88.5 Å². The first-order valence-corrected chi connectivity index (χ1v) is 21.7. The van der Waals surface area contributed by atoms with Crippen LogP contribution in [0.3, 0.4) is 0 Å². The number of benzene rings is 1. The smallest absolute Gasteiger partial charge is 0.278 e. The lowest BCUT2D eigenvalue weighted by Crippen LogP contribution is -2.58. The number of amides is 4. The van der Waals surface area contributed by atoms with Gasteiger partial charge in [-0.05, 0) is 74.2 Å². The summed E-state index contributed by atoms with van der Waals surface area (Å²) < 4.78 is 32.8. The molecule has 0 aromatic heterocycles. The highest BCUT2D eigenvalue weighted by molar-refractivity contribution is 7.87. The second-order valence-electron chi connectivity index (χ2n) is 15.6. The lowest BCUT2D eigenvalue weighted by Gasteiger charge is -2.34. The van der Waals surface area contributed by atoms with Gasteiger partial charge in [-0.1, -0.05) is 43.5 Å². The van der Waals surface area contributed by atoms with Crippen LogP contribution in [0.5, 0.6) is 0 Å². The highest BCUT2D eigenvalue weighted by Crippen LogP contribution is 2.52. The monoisotopic (exact) mass is 791 g/mol. The summed E-state index contributed by atoms with van der Waals surface area (Å²) in [5.41, 5.74) is 12.4. The van der Waals surface area contributed by atoms with Crippen LogP contribution < -0.4 is 36.4 Å². The lowest BCUT2D eigenvalue weighted by molar-refractivity contribution is -0.130. The molecule has 3 fully saturated rings. The van der Waals surface area contributed by atoms with Gasteiger partial charge in [0.2, 0.25) is 23.6 Å². The Kier molecular flexibility index (Phi) is 14.4. The van der Waals surface area contributed by atoms with Crippen molar-refractivity contribution >= 4 is 39.5 Å². The number of piperazine rings is 1. The van der Waals surface area contributed by atoms with E-state index in [1.807, 2.05) is 0 Å². The van der Waals surface area contributed by atoms with E-state index in [9.17, 15) is 27.6 Å². The van der Waals surface area contributed by atoms with E-state index in [-0.39, 0.29) is 30.7 Å². The molecule has 0 radical (unpaired) electrons. The molecule has 15 nitrogen and oxygen atoms in total. The molecular formula is C40H57N9O6S. The van der Waals surface area contributed by atoms with Crippen molar-refractivity contribution in [1.82, 2.24) is 35.2 Å².